The molecule has 22 heavy (non-hydrogen) atoms. The zero-order valence-electron chi connectivity index (χ0n) is 11.5. The quantitative estimate of drug-likeness (QED) is 0.357. The number of rotatable bonds is 5. The molecule has 0 radical (unpaired) electrons. The number of carbonyl (C=O) groups is 1. The van der Waals surface area contributed by atoms with Crippen LogP contribution in [0, 0.1) is 3.57 Å². The molecule has 1 aromatic heterocycles. The largest absolute Gasteiger partial charge is 0.293 e. The Kier molecular flexibility index (Phi) is 4.89. The molecular weight excluding hydrogens is 409 g/mol. The van der Waals surface area contributed by atoms with E-state index in [0.29, 0.717) is 10.9 Å². The first-order chi connectivity index (χ1) is 10.7. The molecule has 6 heteroatoms. The number of carbonyl (C=O) groups excluding carboxylic acids is 1. The van der Waals surface area contributed by atoms with Gasteiger partial charge in [-0.3, -0.25) is 9.36 Å². The summed E-state index contributed by atoms with van der Waals surface area (Å²) >= 11 is 3.62. The lowest BCUT2D eigenvalue weighted by Gasteiger charge is -2.05. The highest BCUT2D eigenvalue weighted by Crippen LogP contribution is 2.20. The van der Waals surface area contributed by atoms with Gasteiger partial charge in [-0.1, -0.05) is 42.1 Å². The molecule has 2 aromatic carbocycles. The van der Waals surface area contributed by atoms with Crippen LogP contribution in [0.2, 0.25) is 0 Å². The molecule has 0 spiro atoms. The Hall–Kier alpha value is -1.67. The van der Waals surface area contributed by atoms with Crippen LogP contribution in [0.4, 0.5) is 0 Å². The normalized spacial score (nSPS) is 10.6. The van der Waals surface area contributed by atoms with Gasteiger partial charge in [0.15, 0.2) is 10.9 Å². The molecule has 4 nitrogen and oxygen atoms in total. The van der Waals surface area contributed by atoms with Gasteiger partial charge in [-0.05, 0) is 46.9 Å². The minimum atomic E-state index is 0.0870. The average molecular weight is 421 g/mol. The van der Waals surface area contributed by atoms with Crippen LogP contribution in [-0.2, 0) is 0 Å². The van der Waals surface area contributed by atoms with Crippen LogP contribution < -0.4 is 0 Å². The molecule has 1 heterocycles. The first kappa shape index (κ1) is 15.2. The molecule has 0 aliphatic rings. The van der Waals surface area contributed by atoms with Crippen molar-refractivity contribution in [2.45, 2.75) is 5.16 Å². The van der Waals surface area contributed by atoms with E-state index in [-0.39, 0.29) is 5.78 Å². The minimum absolute atomic E-state index is 0.0870. The van der Waals surface area contributed by atoms with E-state index in [1.807, 2.05) is 59.2 Å². The second kappa shape index (κ2) is 7.06. The van der Waals surface area contributed by atoms with Gasteiger partial charge >= 0.3 is 0 Å². The minimum Gasteiger partial charge on any atom is -0.293 e. The summed E-state index contributed by atoms with van der Waals surface area (Å²) in [6, 6.07) is 17.4. The molecular formula is C16H12IN3OS. The van der Waals surface area contributed by atoms with E-state index in [1.54, 1.807) is 6.33 Å². The average Bonchev–Trinajstić information content (AvgIpc) is 3.02. The molecule has 0 aliphatic carbocycles. The maximum atomic E-state index is 12.2. The van der Waals surface area contributed by atoms with Crippen molar-refractivity contribution in [2.75, 3.05) is 5.75 Å². The van der Waals surface area contributed by atoms with Gasteiger partial charge in [-0.25, -0.2) is 0 Å². The predicted molar refractivity (Wildman–Crippen MR) is 95.6 cm³/mol. The molecule has 0 aliphatic heterocycles. The summed E-state index contributed by atoms with van der Waals surface area (Å²) in [5.74, 6) is 0.426. The van der Waals surface area contributed by atoms with Crippen molar-refractivity contribution in [3.63, 3.8) is 0 Å². The van der Waals surface area contributed by atoms with Gasteiger partial charge in [-0.2, -0.15) is 0 Å². The van der Waals surface area contributed by atoms with Gasteiger partial charge in [0.25, 0.3) is 0 Å². The topological polar surface area (TPSA) is 47.8 Å². The Labute approximate surface area is 146 Å². The van der Waals surface area contributed by atoms with Crippen LogP contribution >= 0.6 is 34.4 Å². The molecule has 3 rings (SSSR count). The van der Waals surface area contributed by atoms with Crippen molar-refractivity contribution in [3.05, 3.63) is 70.1 Å². The number of thioether (sulfide) groups is 1. The molecule has 3 aromatic rings. The first-order valence-corrected chi connectivity index (χ1v) is 8.67. The highest BCUT2D eigenvalue weighted by atomic mass is 127. The number of Topliss-reactive ketones (excluding diaryl/α,β-unsaturated/α-hetero) is 1. The van der Waals surface area contributed by atoms with Crippen LogP contribution in [-0.4, -0.2) is 26.3 Å². The number of ketones is 1. The van der Waals surface area contributed by atoms with E-state index in [9.17, 15) is 4.79 Å². The molecule has 0 saturated carbocycles. The van der Waals surface area contributed by atoms with E-state index >= 15 is 0 Å². The fourth-order valence-corrected chi connectivity index (χ4v) is 3.12. The highest BCUT2D eigenvalue weighted by Gasteiger charge is 2.11. The lowest BCUT2D eigenvalue weighted by molar-refractivity contribution is 0.102. The first-order valence-electron chi connectivity index (χ1n) is 6.61. The zero-order chi connectivity index (χ0) is 15.4. The Morgan fingerprint density at radius 2 is 1.82 bits per heavy atom. The van der Waals surface area contributed by atoms with Gasteiger partial charge in [-0.15, -0.1) is 10.2 Å². The van der Waals surface area contributed by atoms with Crippen molar-refractivity contribution in [3.8, 4) is 5.69 Å². The monoisotopic (exact) mass is 421 g/mol. The number of para-hydroxylation sites is 1. The second-order valence-electron chi connectivity index (χ2n) is 4.54. The molecule has 110 valence electrons. The molecule has 0 amide bonds. The van der Waals surface area contributed by atoms with Crippen LogP contribution in [0.25, 0.3) is 5.69 Å². The summed E-state index contributed by atoms with van der Waals surface area (Å²) in [7, 11) is 0. The van der Waals surface area contributed by atoms with Crippen molar-refractivity contribution >= 4 is 40.1 Å². The maximum Gasteiger partial charge on any atom is 0.196 e. The van der Waals surface area contributed by atoms with E-state index < -0.39 is 0 Å². The highest BCUT2D eigenvalue weighted by molar-refractivity contribution is 14.1. The molecule has 0 unspecified atom stereocenters. The Balaban J connectivity index is 1.71. The summed E-state index contributed by atoms with van der Waals surface area (Å²) in [5, 5.41) is 8.75. The van der Waals surface area contributed by atoms with Gasteiger partial charge in [0.2, 0.25) is 0 Å². The Morgan fingerprint density at radius 1 is 1.09 bits per heavy atom. The van der Waals surface area contributed by atoms with E-state index in [2.05, 4.69) is 32.8 Å². The fourth-order valence-electron chi connectivity index (χ4n) is 1.94. The predicted octanol–water partition coefficient (Wildman–Crippen LogP) is 3.85. The van der Waals surface area contributed by atoms with Crippen molar-refractivity contribution in [1.82, 2.24) is 14.8 Å². The van der Waals surface area contributed by atoms with Crippen molar-refractivity contribution in [1.29, 1.82) is 0 Å². The summed E-state index contributed by atoms with van der Waals surface area (Å²) in [6.45, 7) is 0. The van der Waals surface area contributed by atoms with E-state index in [4.69, 9.17) is 0 Å². The Morgan fingerprint density at radius 3 is 2.55 bits per heavy atom. The lowest BCUT2D eigenvalue weighted by atomic mass is 10.2. The van der Waals surface area contributed by atoms with Crippen LogP contribution in [0.1, 0.15) is 10.4 Å². The van der Waals surface area contributed by atoms with Crippen molar-refractivity contribution in [2.24, 2.45) is 0 Å². The maximum absolute atomic E-state index is 12.2. The van der Waals surface area contributed by atoms with Crippen LogP contribution in [0.3, 0.4) is 0 Å². The summed E-state index contributed by atoms with van der Waals surface area (Å²) in [6.07, 6.45) is 1.66. The summed E-state index contributed by atoms with van der Waals surface area (Å²) in [5.41, 5.74) is 1.70. The third kappa shape index (κ3) is 3.56. The van der Waals surface area contributed by atoms with Crippen molar-refractivity contribution < 1.29 is 4.79 Å². The van der Waals surface area contributed by atoms with Gasteiger partial charge in [0, 0.05) is 14.8 Å². The number of nitrogens with zero attached hydrogens (tertiary/aromatic N) is 3. The van der Waals surface area contributed by atoms with E-state index in [0.717, 1.165) is 14.8 Å². The summed E-state index contributed by atoms with van der Waals surface area (Å²) in [4.78, 5) is 12.2. The van der Waals surface area contributed by atoms with Crippen LogP contribution in [0.5, 0.6) is 0 Å². The Bertz CT molecular complexity index is 772. The van der Waals surface area contributed by atoms with Gasteiger partial charge in [0.05, 0.1) is 5.75 Å². The number of hydrogen-bond donors (Lipinski definition) is 0. The zero-order valence-corrected chi connectivity index (χ0v) is 14.5. The standard InChI is InChI=1S/C16H12IN3OS/c17-13-8-6-12(7-9-13)15(21)10-22-16-19-18-11-20(16)14-4-2-1-3-5-14/h1-9,11H,10H2. The number of aromatic nitrogens is 3. The third-order valence-electron chi connectivity index (χ3n) is 3.05. The molecule has 0 atom stereocenters. The fraction of sp³-hybridized carbons (Fsp3) is 0.0625. The smallest absolute Gasteiger partial charge is 0.196 e. The van der Waals surface area contributed by atoms with Gasteiger partial charge in [0.1, 0.15) is 6.33 Å². The molecule has 0 fully saturated rings. The molecule has 0 bridgehead atoms. The molecule has 0 saturated heterocycles. The number of benzene rings is 2. The number of hydrogen-bond acceptors (Lipinski definition) is 4. The molecule has 0 N–H and O–H groups in total. The second-order valence-corrected chi connectivity index (χ2v) is 6.73. The third-order valence-corrected chi connectivity index (χ3v) is 4.71. The van der Waals surface area contributed by atoms with E-state index in [1.165, 1.54) is 11.8 Å². The van der Waals surface area contributed by atoms with Crippen LogP contribution in [0.15, 0.2) is 66.1 Å². The lowest BCUT2D eigenvalue weighted by Crippen LogP contribution is -2.04. The summed E-state index contributed by atoms with van der Waals surface area (Å²) < 4.78 is 3.00. The van der Waals surface area contributed by atoms with Gasteiger partial charge < -0.3 is 0 Å². The SMILES string of the molecule is O=C(CSc1nncn1-c1ccccc1)c1ccc(I)cc1. The number of halogens is 1.